The van der Waals surface area contributed by atoms with Gasteiger partial charge in [0.2, 0.25) is 11.7 Å². The van der Waals surface area contributed by atoms with Gasteiger partial charge in [0, 0.05) is 42.8 Å². The normalized spacial score (nSPS) is 13.6. The van der Waals surface area contributed by atoms with Crippen LogP contribution in [0.1, 0.15) is 34.0 Å². The van der Waals surface area contributed by atoms with Crippen molar-refractivity contribution in [2.24, 2.45) is 0 Å². The molecule has 4 rings (SSSR count). The lowest BCUT2D eigenvalue weighted by atomic mass is 9.96. The molecule has 0 aromatic heterocycles. The number of hydrogen-bond acceptors (Lipinski definition) is 6. The molecule has 0 bridgehead atoms. The van der Waals surface area contributed by atoms with E-state index in [4.69, 9.17) is 30.5 Å². The van der Waals surface area contributed by atoms with Crippen molar-refractivity contribution in [3.8, 4) is 23.0 Å². The Bertz CT molecular complexity index is 1380. The smallest absolute Gasteiger partial charge is 0.254 e. The molecule has 0 radical (unpaired) electrons. The third-order valence-electron chi connectivity index (χ3n) is 6.89. The van der Waals surface area contributed by atoms with E-state index in [0.29, 0.717) is 60.6 Å². The van der Waals surface area contributed by atoms with Crippen molar-refractivity contribution in [2.45, 2.75) is 13.8 Å². The summed E-state index contributed by atoms with van der Waals surface area (Å²) >= 11 is 6.38. The number of methoxy groups -OCH3 is 3. The second kappa shape index (κ2) is 13.5. The van der Waals surface area contributed by atoms with E-state index in [2.05, 4.69) is 0 Å². The maximum atomic E-state index is 13.5. The Morgan fingerprint density at radius 3 is 1.95 bits per heavy atom. The number of piperazine rings is 1. The molecule has 0 unspecified atom stereocenters. The topological polar surface area (TPSA) is 77.5 Å². The van der Waals surface area contributed by atoms with E-state index in [1.807, 2.05) is 56.3 Å². The fourth-order valence-electron chi connectivity index (χ4n) is 4.85. The highest BCUT2D eigenvalue weighted by atomic mass is 35.5. The molecule has 1 saturated heterocycles. The maximum absolute atomic E-state index is 13.5. The van der Waals surface area contributed by atoms with Crippen LogP contribution in [-0.2, 0) is 4.79 Å². The van der Waals surface area contributed by atoms with Gasteiger partial charge in [-0.1, -0.05) is 29.8 Å². The van der Waals surface area contributed by atoms with Gasteiger partial charge in [-0.3, -0.25) is 9.59 Å². The molecule has 41 heavy (non-hydrogen) atoms. The number of hydrogen-bond donors (Lipinski definition) is 0. The van der Waals surface area contributed by atoms with Crippen molar-refractivity contribution in [1.82, 2.24) is 9.80 Å². The molecule has 2 amide bonds. The Hall–Kier alpha value is -4.17. The first-order valence-electron chi connectivity index (χ1n) is 13.4. The summed E-state index contributed by atoms with van der Waals surface area (Å²) in [7, 11) is 4.53. The predicted octanol–water partition coefficient (Wildman–Crippen LogP) is 5.49. The molecule has 216 valence electrons. The molecule has 3 aromatic carbocycles. The van der Waals surface area contributed by atoms with E-state index in [9.17, 15) is 9.59 Å². The molecule has 1 aliphatic rings. The monoisotopic (exact) mass is 578 g/mol. The van der Waals surface area contributed by atoms with Crippen molar-refractivity contribution >= 4 is 29.0 Å². The molecule has 1 fully saturated rings. The quantitative estimate of drug-likeness (QED) is 0.313. The van der Waals surface area contributed by atoms with Crippen LogP contribution in [0.4, 0.5) is 0 Å². The summed E-state index contributed by atoms with van der Waals surface area (Å²) in [5, 5.41) is 0.600. The second-order valence-electron chi connectivity index (χ2n) is 9.56. The standard InChI is InChI=1S/C32H35ClN2O6/c1-6-41-26-9-7-22(8-10-26)27(23-15-21(2)16-25(33)17-23)20-30(36)34-11-13-35(14-12-34)32(37)24-18-28(38-3)31(40-5)29(19-24)39-4/h7-10,15-20H,6,11-14H2,1-5H3/b27-20-. The molecule has 9 heteroatoms. The number of carbonyl (C=O) groups is 2. The first-order valence-corrected chi connectivity index (χ1v) is 13.8. The molecular formula is C32H35ClN2O6. The first-order chi connectivity index (χ1) is 19.8. The number of nitrogens with zero attached hydrogens (tertiary/aromatic N) is 2. The van der Waals surface area contributed by atoms with Gasteiger partial charge in [-0.05, 0) is 72.5 Å². The Labute approximate surface area is 246 Å². The molecule has 0 aliphatic carbocycles. The zero-order valence-electron chi connectivity index (χ0n) is 24.0. The third kappa shape index (κ3) is 6.95. The minimum atomic E-state index is -0.170. The molecule has 3 aromatic rings. The Morgan fingerprint density at radius 2 is 1.41 bits per heavy atom. The second-order valence-corrected chi connectivity index (χ2v) is 10.0. The number of aryl methyl sites for hydroxylation is 1. The lowest BCUT2D eigenvalue weighted by Gasteiger charge is -2.34. The molecule has 0 atom stereocenters. The van der Waals surface area contributed by atoms with E-state index in [1.54, 1.807) is 28.0 Å². The summed E-state index contributed by atoms with van der Waals surface area (Å²) in [5.74, 6) is 1.70. The number of carbonyl (C=O) groups excluding carboxylic acids is 2. The highest BCUT2D eigenvalue weighted by molar-refractivity contribution is 6.30. The van der Waals surface area contributed by atoms with E-state index in [1.165, 1.54) is 21.3 Å². The number of rotatable bonds is 9. The summed E-state index contributed by atoms with van der Waals surface area (Å²) in [4.78, 5) is 30.3. The van der Waals surface area contributed by atoms with Crippen LogP contribution in [0.2, 0.25) is 5.02 Å². The molecule has 1 aliphatic heterocycles. The lowest BCUT2D eigenvalue weighted by molar-refractivity contribution is -0.127. The summed E-state index contributed by atoms with van der Waals surface area (Å²) < 4.78 is 21.8. The fourth-order valence-corrected chi connectivity index (χ4v) is 5.14. The number of benzene rings is 3. The van der Waals surface area contributed by atoms with Crippen LogP contribution in [0, 0.1) is 6.92 Å². The van der Waals surface area contributed by atoms with Gasteiger partial charge < -0.3 is 28.7 Å². The van der Waals surface area contributed by atoms with E-state index < -0.39 is 0 Å². The van der Waals surface area contributed by atoms with Crippen LogP contribution < -0.4 is 18.9 Å². The van der Waals surface area contributed by atoms with Crippen LogP contribution in [-0.4, -0.2) is 75.7 Å². The zero-order chi connectivity index (χ0) is 29.5. The van der Waals surface area contributed by atoms with Gasteiger partial charge in [0.15, 0.2) is 11.5 Å². The SMILES string of the molecule is CCOc1ccc(/C(=C/C(=O)N2CCN(C(=O)c3cc(OC)c(OC)c(OC)c3)CC2)c2cc(C)cc(Cl)c2)cc1. The van der Waals surface area contributed by atoms with Crippen LogP contribution in [0.25, 0.3) is 5.57 Å². The highest BCUT2D eigenvalue weighted by Gasteiger charge is 2.26. The summed E-state index contributed by atoms with van der Waals surface area (Å²) in [5.41, 5.74) is 3.91. The largest absolute Gasteiger partial charge is 0.494 e. The van der Waals surface area contributed by atoms with E-state index in [-0.39, 0.29) is 11.8 Å². The Kier molecular flexibility index (Phi) is 9.78. The minimum Gasteiger partial charge on any atom is -0.494 e. The maximum Gasteiger partial charge on any atom is 0.254 e. The Balaban J connectivity index is 1.54. The molecular weight excluding hydrogens is 544 g/mol. The van der Waals surface area contributed by atoms with Gasteiger partial charge in [-0.25, -0.2) is 0 Å². The molecule has 1 heterocycles. The summed E-state index contributed by atoms with van der Waals surface area (Å²) in [6.45, 7) is 6.06. The average Bonchev–Trinajstić information content (AvgIpc) is 2.98. The van der Waals surface area contributed by atoms with Crippen molar-refractivity contribution in [3.05, 3.63) is 87.9 Å². The number of amides is 2. The van der Waals surface area contributed by atoms with Crippen molar-refractivity contribution < 1.29 is 28.5 Å². The molecule has 0 saturated carbocycles. The van der Waals surface area contributed by atoms with Crippen LogP contribution in [0.5, 0.6) is 23.0 Å². The van der Waals surface area contributed by atoms with Gasteiger partial charge in [0.05, 0.1) is 27.9 Å². The van der Waals surface area contributed by atoms with Crippen molar-refractivity contribution in [2.75, 3.05) is 54.1 Å². The molecule has 8 nitrogen and oxygen atoms in total. The van der Waals surface area contributed by atoms with Crippen LogP contribution in [0.15, 0.2) is 60.7 Å². The van der Waals surface area contributed by atoms with E-state index in [0.717, 1.165) is 28.0 Å². The number of halogens is 1. The lowest BCUT2D eigenvalue weighted by Crippen LogP contribution is -2.50. The van der Waals surface area contributed by atoms with Gasteiger partial charge in [0.1, 0.15) is 5.75 Å². The molecule has 0 N–H and O–H groups in total. The zero-order valence-corrected chi connectivity index (χ0v) is 24.8. The summed E-state index contributed by atoms with van der Waals surface area (Å²) in [6, 6.07) is 16.7. The highest BCUT2D eigenvalue weighted by Crippen LogP contribution is 2.38. The van der Waals surface area contributed by atoms with Crippen molar-refractivity contribution in [1.29, 1.82) is 0 Å². The van der Waals surface area contributed by atoms with E-state index >= 15 is 0 Å². The minimum absolute atomic E-state index is 0.133. The summed E-state index contributed by atoms with van der Waals surface area (Å²) in [6.07, 6.45) is 1.65. The van der Waals surface area contributed by atoms with Crippen molar-refractivity contribution in [3.63, 3.8) is 0 Å². The fraction of sp³-hybridized carbons (Fsp3) is 0.312. The van der Waals surface area contributed by atoms with Gasteiger partial charge in [0.25, 0.3) is 5.91 Å². The van der Waals surface area contributed by atoms with Gasteiger partial charge in [-0.15, -0.1) is 0 Å². The molecule has 0 spiro atoms. The average molecular weight is 579 g/mol. The first kappa shape index (κ1) is 29.8. The van der Waals surface area contributed by atoms with Gasteiger partial charge in [-0.2, -0.15) is 0 Å². The van der Waals surface area contributed by atoms with Gasteiger partial charge >= 0.3 is 0 Å². The van der Waals surface area contributed by atoms with Crippen LogP contribution in [0.3, 0.4) is 0 Å². The number of ether oxygens (including phenoxy) is 4. The Morgan fingerprint density at radius 1 is 0.805 bits per heavy atom. The van der Waals surface area contributed by atoms with Crippen LogP contribution >= 0.6 is 11.6 Å². The predicted molar refractivity (Wildman–Crippen MR) is 159 cm³/mol. The third-order valence-corrected chi connectivity index (χ3v) is 7.11.